The van der Waals surface area contributed by atoms with E-state index in [-0.39, 0.29) is 25.6 Å². The number of furan rings is 1. The molecule has 0 aliphatic carbocycles. The zero-order valence-electron chi connectivity index (χ0n) is 41.8. The molecule has 1 nitrogen and oxygen atoms in total. The average Bonchev–Trinajstić information content (AvgIpc) is 3.85. The van der Waals surface area contributed by atoms with E-state index in [9.17, 15) is 8.22 Å². The molecule has 0 saturated heterocycles. The minimum Gasteiger partial charge on any atom is -0.455 e. The van der Waals surface area contributed by atoms with Gasteiger partial charge in [0.15, 0.2) is 0 Å². The van der Waals surface area contributed by atoms with Crippen LogP contribution in [0, 0.1) is 0 Å². The Kier molecular flexibility index (Phi) is 1.99. The van der Waals surface area contributed by atoms with Gasteiger partial charge in [0.2, 0.25) is 0 Å². The van der Waals surface area contributed by atoms with Crippen LogP contribution in [0.2, 0.25) is 0 Å². The fourth-order valence-corrected chi connectivity index (χ4v) is 6.21. The zero-order chi connectivity index (χ0) is 45.4. The van der Waals surface area contributed by atoms with Crippen LogP contribution in [0.15, 0.2) is 137 Å². The van der Waals surface area contributed by atoms with Gasteiger partial charge in [-0.3, -0.25) is 0 Å². The molecule has 0 spiro atoms. The molecule has 2 aromatic heterocycles. The van der Waals surface area contributed by atoms with Gasteiger partial charge in [-0.15, -0.1) is 11.3 Å². The second-order valence-electron chi connectivity index (χ2n) is 8.77. The summed E-state index contributed by atoms with van der Waals surface area (Å²) in [6, 6.07) is -16.8. The van der Waals surface area contributed by atoms with E-state index in [2.05, 4.69) is 0 Å². The smallest absolute Gasteiger partial charge is 0.143 e. The normalized spacial score (nSPS) is 19.7. The average molecular weight is 549 g/mol. The molecule has 2 heteroatoms. The number of para-hydroxylation sites is 2. The molecule has 186 valence electrons. The molecule has 2 heterocycles. The van der Waals surface area contributed by atoms with Crippen LogP contribution in [0.3, 0.4) is 0 Å². The van der Waals surface area contributed by atoms with Gasteiger partial charge in [-0.05, 0) is 39.2 Å². The first-order chi connectivity index (χ1) is 29.0. The van der Waals surface area contributed by atoms with Crippen molar-refractivity contribution in [3.05, 3.63) is 133 Å². The number of rotatable bonds is 2. The molecule has 9 aromatic rings. The first kappa shape index (κ1) is 9.62. The number of thiophene rings is 1. The predicted molar refractivity (Wildman–Crippen MR) is 172 cm³/mol. The Bertz CT molecular complexity index is 3340. The van der Waals surface area contributed by atoms with Gasteiger partial charge < -0.3 is 4.42 Å². The Labute approximate surface area is 265 Å². The highest BCUT2D eigenvalue weighted by atomic mass is 32.1. The first-order valence-electron chi connectivity index (χ1n) is 22.8. The lowest BCUT2D eigenvalue weighted by atomic mass is 9.85. The van der Waals surface area contributed by atoms with Crippen molar-refractivity contribution in [2.24, 2.45) is 0 Å². The molecule has 0 bridgehead atoms. The van der Waals surface area contributed by atoms with Crippen molar-refractivity contribution < 1.29 is 34.6 Å². The second-order valence-corrected chi connectivity index (χ2v) is 9.79. The maximum atomic E-state index is 9.40. The van der Waals surface area contributed by atoms with Crippen molar-refractivity contribution >= 4 is 75.0 Å². The Hall–Kier alpha value is -4.92. The third kappa shape index (κ3) is 2.97. The summed E-state index contributed by atoms with van der Waals surface area (Å²) in [5.41, 5.74) is -3.05. The van der Waals surface area contributed by atoms with Crippen molar-refractivity contribution in [3.63, 3.8) is 0 Å². The van der Waals surface area contributed by atoms with E-state index in [4.69, 9.17) is 26.3 Å². The quantitative estimate of drug-likeness (QED) is 0.196. The van der Waals surface area contributed by atoms with Crippen LogP contribution >= 0.6 is 11.3 Å². The SMILES string of the molecule is [2H]c1c([2H])c([2H])c2c(oc3c(-c4c5c([2H])c([2H])c([2H])c([2H])c5c(-c5c([2H])c([2H])c([2H])c6c5sc5c([2H])c([2H])c([2H])c([2H])c56)c5c([2H])c([2H])c([2H])c([2H])c45)c([2H])c([2H])c([2H])c32)c1[2H]. The summed E-state index contributed by atoms with van der Waals surface area (Å²) in [6.07, 6.45) is 0. The maximum Gasteiger partial charge on any atom is 0.143 e. The standard InChI is InChI=1S/C38H22OS/c1-3-15-27-25(13-1)35(31-19-9-17-29-23-11-5-7-21-33(23)39-37(29)31)26-14-2-4-16-28(26)36(27)32-20-10-18-30-24-12-6-8-22-34(24)40-38(30)32/h1-22H/i1D,2D,3D,4D,5D,6D,7D,8D,9D,10D,11D,12D,13D,14D,15D,16D,17D,18D,19D,20D,21D,22D. The number of hydrogen-bond donors (Lipinski definition) is 0. The molecule has 0 atom stereocenters. The predicted octanol–water partition coefficient (Wildman–Crippen LogP) is 11.6. The fourth-order valence-electron chi connectivity index (χ4n) is 5.13. The van der Waals surface area contributed by atoms with Gasteiger partial charge in [0, 0.05) is 47.6 Å². The minimum absolute atomic E-state index is 0.0985. The van der Waals surface area contributed by atoms with Gasteiger partial charge in [-0.1, -0.05) is 121 Å². The van der Waals surface area contributed by atoms with Crippen LogP contribution in [-0.2, 0) is 0 Å². The molecule has 0 unspecified atom stereocenters. The Morgan fingerprint density at radius 2 is 0.925 bits per heavy atom. The summed E-state index contributed by atoms with van der Waals surface area (Å²) >= 11 is 0.677. The molecule has 0 N–H and O–H groups in total. The van der Waals surface area contributed by atoms with Crippen molar-refractivity contribution in [2.75, 3.05) is 0 Å². The maximum absolute atomic E-state index is 9.40. The highest BCUT2D eigenvalue weighted by molar-refractivity contribution is 7.26. The lowest BCUT2D eigenvalue weighted by molar-refractivity contribution is 0.670. The molecule has 40 heavy (non-hydrogen) atoms. The highest BCUT2D eigenvalue weighted by Gasteiger charge is 2.21. The van der Waals surface area contributed by atoms with E-state index in [1.54, 1.807) is 0 Å². The summed E-state index contributed by atoms with van der Waals surface area (Å²) in [5.74, 6) is 0. The summed E-state index contributed by atoms with van der Waals surface area (Å²) in [6.45, 7) is 0. The van der Waals surface area contributed by atoms with Crippen molar-refractivity contribution in [3.8, 4) is 22.3 Å². The van der Waals surface area contributed by atoms with Gasteiger partial charge >= 0.3 is 0 Å². The van der Waals surface area contributed by atoms with Gasteiger partial charge in [-0.2, -0.15) is 0 Å². The molecule has 0 aliphatic heterocycles. The topological polar surface area (TPSA) is 13.1 Å². The molecule has 9 rings (SSSR count). The molecule has 7 aromatic carbocycles. The summed E-state index contributed by atoms with van der Waals surface area (Å²) in [7, 11) is 0. The largest absolute Gasteiger partial charge is 0.455 e. The van der Waals surface area contributed by atoms with Crippen LogP contribution in [-0.4, -0.2) is 0 Å². The van der Waals surface area contributed by atoms with Gasteiger partial charge in [-0.25, -0.2) is 0 Å². The Morgan fingerprint density at radius 3 is 1.62 bits per heavy atom. The summed E-state index contributed by atoms with van der Waals surface area (Å²) < 4.78 is 201. The number of benzene rings is 7. The molecule has 0 amide bonds. The Morgan fingerprint density at radius 1 is 0.425 bits per heavy atom. The van der Waals surface area contributed by atoms with Crippen molar-refractivity contribution in [2.45, 2.75) is 0 Å². The van der Waals surface area contributed by atoms with Crippen LogP contribution in [0.1, 0.15) is 30.2 Å². The third-order valence-electron chi connectivity index (χ3n) is 6.75. The summed E-state index contributed by atoms with van der Waals surface area (Å²) in [5, 5.41) is -3.39. The van der Waals surface area contributed by atoms with E-state index in [1.807, 2.05) is 0 Å². The lowest BCUT2D eigenvalue weighted by Gasteiger charge is -2.18. The van der Waals surface area contributed by atoms with E-state index >= 15 is 0 Å². The minimum atomic E-state index is -0.880. The summed E-state index contributed by atoms with van der Waals surface area (Å²) in [4.78, 5) is 0. The van der Waals surface area contributed by atoms with Crippen molar-refractivity contribution in [1.29, 1.82) is 0 Å². The zero-order valence-corrected chi connectivity index (χ0v) is 20.6. The van der Waals surface area contributed by atoms with Crippen LogP contribution in [0.4, 0.5) is 0 Å². The molecular weight excluding hydrogens is 504 g/mol. The van der Waals surface area contributed by atoms with E-state index in [1.165, 1.54) is 0 Å². The van der Waals surface area contributed by atoms with Crippen LogP contribution < -0.4 is 0 Å². The van der Waals surface area contributed by atoms with Crippen LogP contribution in [0.25, 0.3) is 85.9 Å². The second kappa shape index (κ2) is 8.29. The number of hydrogen-bond acceptors (Lipinski definition) is 2. The molecule has 0 fully saturated rings. The highest BCUT2D eigenvalue weighted by Crippen LogP contribution is 2.49. The molecule has 0 radical (unpaired) electrons. The van der Waals surface area contributed by atoms with Crippen molar-refractivity contribution in [1.82, 2.24) is 0 Å². The monoisotopic (exact) mass is 548 g/mol. The first-order valence-corrected chi connectivity index (χ1v) is 12.6. The molecule has 0 aliphatic rings. The van der Waals surface area contributed by atoms with Gasteiger partial charge in [0.05, 0.1) is 30.2 Å². The molecular formula is C38H22OS. The lowest BCUT2D eigenvalue weighted by Crippen LogP contribution is -1.91. The molecule has 0 saturated carbocycles. The van der Waals surface area contributed by atoms with Gasteiger partial charge in [0.25, 0.3) is 0 Å². The number of fused-ring (bicyclic) bond motifs is 8. The fraction of sp³-hybridized carbons (Fsp3) is 0. The van der Waals surface area contributed by atoms with Crippen LogP contribution in [0.5, 0.6) is 0 Å². The third-order valence-corrected chi connectivity index (χ3v) is 7.87. The van der Waals surface area contributed by atoms with E-state index in [0.29, 0.717) is 11.3 Å². The Balaban J connectivity index is 1.67. The van der Waals surface area contributed by atoms with E-state index < -0.39 is 193 Å². The van der Waals surface area contributed by atoms with E-state index in [0.717, 1.165) is 0 Å². The van der Waals surface area contributed by atoms with Gasteiger partial charge in [0.1, 0.15) is 11.2 Å².